The second-order valence-electron chi connectivity index (χ2n) is 3.89. The first-order valence-corrected chi connectivity index (χ1v) is 7.07. The van der Waals surface area contributed by atoms with Crippen molar-refractivity contribution in [2.45, 2.75) is 38.5 Å². The number of aryl methyl sites for hydroxylation is 1. The highest BCUT2D eigenvalue weighted by Gasteiger charge is 2.17. The Hall–Kier alpha value is -1.57. The van der Waals surface area contributed by atoms with E-state index in [9.17, 15) is 9.59 Å². The number of carbonyl (C=O) groups excluding carboxylic acids is 1. The van der Waals surface area contributed by atoms with Gasteiger partial charge < -0.3 is 14.9 Å². The van der Waals surface area contributed by atoms with Crippen LogP contribution in [0.5, 0.6) is 0 Å². The van der Waals surface area contributed by atoms with Crippen molar-refractivity contribution in [3.63, 3.8) is 0 Å². The molecule has 106 valence electrons. The van der Waals surface area contributed by atoms with Crippen LogP contribution in [-0.4, -0.2) is 38.9 Å². The molecule has 1 heterocycles. The molecule has 0 aliphatic heterocycles. The predicted octanol–water partition coefficient (Wildman–Crippen LogP) is 0.845. The number of rotatable bonds is 8. The first kappa shape index (κ1) is 15.5. The van der Waals surface area contributed by atoms with Crippen molar-refractivity contribution in [1.29, 1.82) is 0 Å². The Bertz CT molecular complexity index is 435. The third kappa shape index (κ3) is 5.73. The maximum Gasteiger partial charge on any atom is 0.326 e. The monoisotopic (exact) mass is 287 g/mol. The minimum Gasteiger partial charge on any atom is -0.480 e. The van der Waals surface area contributed by atoms with E-state index in [1.54, 1.807) is 0 Å². The van der Waals surface area contributed by atoms with Gasteiger partial charge in [0.05, 0.1) is 5.75 Å². The summed E-state index contributed by atoms with van der Waals surface area (Å²) < 4.78 is 4.96. The molecular formula is C11H17N3O4S. The fraction of sp³-hybridized carbons (Fsp3) is 0.636. The number of hydrogen-bond donors (Lipinski definition) is 2. The zero-order chi connectivity index (χ0) is 14.3. The first-order chi connectivity index (χ1) is 9.02. The fourth-order valence-electron chi connectivity index (χ4n) is 1.36. The SMILES string of the molecule is CCc1nc(CSCCC(NC(C)=O)C(=O)O)no1. The summed E-state index contributed by atoms with van der Waals surface area (Å²) >= 11 is 1.50. The maximum absolute atomic E-state index is 10.9. The minimum atomic E-state index is -1.02. The van der Waals surface area contributed by atoms with Crippen molar-refractivity contribution in [2.24, 2.45) is 0 Å². The van der Waals surface area contributed by atoms with E-state index < -0.39 is 12.0 Å². The van der Waals surface area contributed by atoms with Crippen molar-refractivity contribution in [3.8, 4) is 0 Å². The molecule has 1 atom stereocenters. The van der Waals surface area contributed by atoms with Crippen LogP contribution in [0.3, 0.4) is 0 Å². The normalized spacial score (nSPS) is 12.1. The molecular weight excluding hydrogens is 270 g/mol. The van der Waals surface area contributed by atoms with Crippen LogP contribution in [0.2, 0.25) is 0 Å². The van der Waals surface area contributed by atoms with Crippen molar-refractivity contribution in [2.75, 3.05) is 5.75 Å². The molecule has 0 saturated heterocycles. The first-order valence-electron chi connectivity index (χ1n) is 5.92. The lowest BCUT2D eigenvalue weighted by molar-refractivity contribution is -0.141. The lowest BCUT2D eigenvalue weighted by Gasteiger charge is -2.12. The highest BCUT2D eigenvalue weighted by molar-refractivity contribution is 7.98. The molecule has 0 aliphatic rings. The van der Waals surface area contributed by atoms with Crippen LogP contribution in [0.4, 0.5) is 0 Å². The van der Waals surface area contributed by atoms with Crippen LogP contribution in [0.1, 0.15) is 32.0 Å². The van der Waals surface area contributed by atoms with Crippen LogP contribution in [0.15, 0.2) is 4.52 Å². The molecule has 0 bridgehead atoms. The van der Waals surface area contributed by atoms with Gasteiger partial charge in [-0.2, -0.15) is 16.7 Å². The zero-order valence-corrected chi connectivity index (χ0v) is 11.7. The van der Waals surface area contributed by atoms with Crippen molar-refractivity contribution in [3.05, 3.63) is 11.7 Å². The van der Waals surface area contributed by atoms with Crippen LogP contribution in [0.25, 0.3) is 0 Å². The van der Waals surface area contributed by atoms with Gasteiger partial charge in [0.2, 0.25) is 11.8 Å². The molecule has 2 N–H and O–H groups in total. The van der Waals surface area contributed by atoms with Gasteiger partial charge in [-0.15, -0.1) is 0 Å². The number of thioether (sulfide) groups is 1. The topological polar surface area (TPSA) is 105 Å². The Morgan fingerprint density at radius 3 is 2.79 bits per heavy atom. The molecule has 0 radical (unpaired) electrons. The lowest BCUT2D eigenvalue weighted by Crippen LogP contribution is -2.39. The molecule has 0 aliphatic carbocycles. The van der Waals surface area contributed by atoms with Gasteiger partial charge in [0.15, 0.2) is 5.82 Å². The minimum absolute atomic E-state index is 0.344. The number of aromatic nitrogens is 2. The smallest absolute Gasteiger partial charge is 0.326 e. The Labute approximate surface area is 115 Å². The summed E-state index contributed by atoms with van der Waals surface area (Å²) in [5, 5.41) is 15.1. The number of hydrogen-bond acceptors (Lipinski definition) is 6. The van der Waals surface area contributed by atoms with Gasteiger partial charge in [-0.25, -0.2) is 4.79 Å². The van der Waals surface area contributed by atoms with Gasteiger partial charge in [-0.3, -0.25) is 4.79 Å². The van der Waals surface area contributed by atoms with Gasteiger partial charge >= 0.3 is 5.97 Å². The summed E-state index contributed by atoms with van der Waals surface area (Å²) in [5.41, 5.74) is 0. The van der Waals surface area contributed by atoms with Gasteiger partial charge in [0.25, 0.3) is 0 Å². The molecule has 19 heavy (non-hydrogen) atoms. The summed E-state index contributed by atoms with van der Waals surface area (Å²) in [6.07, 6.45) is 1.05. The molecule has 0 fully saturated rings. The van der Waals surface area contributed by atoms with E-state index in [0.717, 1.165) is 0 Å². The third-order valence-electron chi connectivity index (χ3n) is 2.27. The summed E-state index contributed by atoms with van der Waals surface area (Å²) in [4.78, 5) is 25.9. The molecule has 1 unspecified atom stereocenters. The molecule has 0 saturated carbocycles. The molecule has 7 nitrogen and oxygen atoms in total. The van der Waals surface area contributed by atoms with Gasteiger partial charge in [-0.05, 0) is 12.2 Å². The lowest BCUT2D eigenvalue weighted by atomic mass is 10.2. The van der Waals surface area contributed by atoms with E-state index in [2.05, 4.69) is 15.5 Å². The summed E-state index contributed by atoms with van der Waals surface area (Å²) in [6.45, 7) is 3.23. The number of nitrogens with zero attached hydrogens (tertiary/aromatic N) is 2. The van der Waals surface area contributed by atoms with E-state index >= 15 is 0 Å². The Kier molecular flexibility index (Phi) is 6.34. The second-order valence-corrected chi connectivity index (χ2v) is 5.00. The van der Waals surface area contributed by atoms with Gasteiger partial charge in [0.1, 0.15) is 6.04 Å². The van der Waals surface area contributed by atoms with E-state index in [-0.39, 0.29) is 5.91 Å². The molecule has 0 aromatic carbocycles. The zero-order valence-electron chi connectivity index (χ0n) is 10.9. The maximum atomic E-state index is 10.9. The molecule has 1 rings (SSSR count). The number of carbonyl (C=O) groups is 2. The van der Waals surface area contributed by atoms with Crippen LogP contribution in [-0.2, 0) is 21.8 Å². The standard InChI is InChI=1S/C11H17N3O4S/c1-3-10-13-9(14-18-10)6-19-5-4-8(11(16)17)12-7(2)15/h8H,3-6H2,1-2H3,(H,12,15)(H,16,17). The predicted molar refractivity (Wildman–Crippen MR) is 69.7 cm³/mol. The van der Waals surface area contributed by atoms with E-state index in [4.69, 9.17) is 9.63 Å². The van der Waals surface area contributed by atoms with E-state index in [1.807, 2.05) is 6.92 Å². The molecule has 8 heteroatoms. The average Bonchev–Trinajstić information content (AvgIpc) is 2.80. The molecule has 1 aromatic heterocycles. The van der Waals surface area contributed by atoms with E-state index in [0.29, 0.717) is 36.1 Å². The summed E-state index contributed by atoms with van der Waals surface area (Å²) in [7, 11) is 0. The van der Waals surface area contributed by atoms with Crippen molar-refractivity contribution in [1.82, 2.24) is 15.5 Å². The number of aliphatic carboxylic acids is 1. The quantitative estimate of drug-likeness (QED) is 0.682. The van der Waals surface area contributed by atoms with Crippen molar-refractivity contribution < 1.29 is 19.2 Å². The summed E-state index contributed by atoms with van der Waals surface area (Å²) in [5.74, 6) is 0.987. The van der Waals surface area contributed by atoms with Gasteiger partial charge in [0, 0.05) is 13.3 Å². The highest BCUT2D eigenvalue weighted by atomic mass is 32.2. The Morgan fingerprint density at radius 2 is 2.26 bits per heavy atom. The number of carboxylic acids is 1. The number of amides is 1. The van der Waals surface area contributed by atoms with Crippen LogP contribution in [0, 0.1) is 0 Å². The van der Waals surface area contributed by atoms with Crippen LogP contribution < -0.4 is 5.32 Å². The number of nitrogens with one attached hydrogen (secondary N) is 1. The van der Waals surface area contributed by atoms with E-state index in [1.165, 1.54) is 18.7 Å². The molecule has 1 aromatic rings. The molecule has 0 spiro atoms. The highest BCUT2D eigenvalue weighted by Crippen LogP contribution is 2.12. The largest absolute Gasteiger partial charge is 0.480 e. The fourth-order valence-corrected chi connectivity index (χ4v) is 2.21. The van der Waals surface area contributed by atoms with Crippen molar-refractivity contribution >= 4 is 23.6 Å². The van der Waals surface area contributed by atoms with Crippen LogP contribution >= 0.6 is 11.8 Å². The Balaban J connectivity index is 2.28. The third-order valence-corrected chi connectivity index (χ3v) is 3.26. The molecule has 1 amide bonds. The Morgan fingerprint density at radius 1 is 1.53 bits per heavy atom. The summed E-state index contributed by atoms with van der Waals surface area (Å²) in [6, 6.07) is -0.846. The number of carboxylic acid groups (broad SMARTS) is 1. The van der Waals surface area contributed by atoms with Gasteiger partial charge in [-0.1, -0.05) is 12.1 Å². The average molecular weight is 287 g/mol. The second kappa shape index (κ2) is 7.78.